The zero-order valence-corrected chi connectivity index (χ0v) is 16.6. The molecule has 0 heterocycles. The van der Waals surface area contributed by atoms with Gasteiger partial charge in [-0.25, -0.2) is 4.21 Å². The first-order valence-electron chi connectivity index (χ1n) is 8.35. The van der Waals surface area contributed by atoms with Gasteiger partial charge < -0.3 is 4.74 Å². The van der Waals surface area contributed by atoms with Crippen molar-refractivity contribution in [3.05, 3.63) is 34.2 Å². The second-order valence-corrected chi connectivity index (χ2v) is 9.80. The summed E-state index contributed by atoms with van der Waals surface area (Å²) in [6.07, 6.45) is 2.97. The van der Waals surface area contributed by atoms with E-state index in [1.807, 2.05) is 18.2 Å². The van der Waals surface area contributed by atoms with E-state index in [9.17, 15) is 9.00 Å². The lowest BCUT2D eigenvalue weighted by molar-refractivity contribution is -0.114. The largest absolute Gasteiger partial charge is 0.496 e. The number of methoxy groups -OCH3 is 1. The van der Waals surface area contributed by atoms with Crippen molar-refractivity contribution in [3.8, 4) is 5.75 Å². The van der Waals surface area contributed by atoms with Gasteiger partial charge in [-0.3, -0.25) is 4.79 Å². The fraction of sp³-hybridized carbons (Fsp3) is 0.550. The summed E-state index contributed by atoms with van der Waals surface area (Å²) in [5, 5.41) is 0. The fourth-order valence-electron chi connectivity index (χ4n) is 2.92. The molecule has 0 amide bonds. The summed E-state index contributed by atoms with van der Waals surface area (Å²) in [5.41, 5.74) is 1.73. The van der Waals surface area contributed by atoms with Crippen molar-refractivity contribution in [3.63, 3.8) is 0 Å². The lowest BCUT2D eigenvalue weighted by Crippen LogP contribution is -2.20. The van der Waals surface area contributed by atoms with Crippen LogP contribution in [0.4, 0.5) is 0 Å². The molecule has 1 aliphatic carbocycles. The molecule has 0 saturated carbocycles. The average molecular weight is 349 g/mol. The number of carbonyl (C=O) groups is 1. The molecule has 2 rings (SSSR count). The van der Waals surface area contributed by atoms with E-state index in [0.29, 0.717) is 22.6 Å². The van der Waals surface area contributed by atoms with Gasteiger partial charge in [0.2, 0.25) is 0 Å². The molecule has 1 atom stereocenters. The number of hydrogen-bond acceptors (Lipinski definition) is 3. The van der Waals surface area contributed by atoms with Crippen LogP contribution >= 0.6 is 0 Å². The van der Waals surface area contributed by atoms with Crippen molar-refractivity contribution >= 4 is 16.6 Å². The first-order valence-corrected chi connectivity index (χ1v) is 9.50. The molecular weight excluding hydrogens is 320 g/mol. The van der Waals surface area contributed by atoms with Gasteiger partial charge in [-0.1, -0.05) is 47.6 Å². The molecule has 1 aromatic carbocycles. The van der Waals surface area contributed by atoms with E-state index in [4.69, 9.17) is 4.74 Å². The molecule has 0 aromatic heterocycles. The molecule has 0 aliphatic heterocycles. The maximum Gasteiger partial charge on any atom is 0.172 e. The van der Waals surface area contributed by atoms with Crippen LogP contribution in [0.5, 0.6) is 5.75 Å². The highest BCUT2D eigenvalue weighted by Gasteiger charge is 2.30. The predicted octanol–water partition coefficient (Wildman–Crippen LogP) is 4.64. The van der Waals surface area contributed by atoms with E-state index in [-0.39, 0.29) is 16.6 Å². The third-order valence-electron chi connectivity index (χ3n) is 4.27. The molecule has 4 heteroatoms. The van der Waals surface area contributed by atoms with Crippen LogP contribution in [0.15, 0.2) is 28.0 Å². The van der Waals surface area contributed by atoms with Crippen LogP contribution < -0.4 is 4.74 Å². The van der Waals surface area contributed by atoms with Crippen molar-refractivity contribution in [1.82, 2.24) is 0 Å². The van der Waals surface area contributed by atoms with E-state index in [0.717, 1.165) is 16.9 Å². The first kappa shape index (κ1) is 18.9. The lowest BCUT2D eigenvalue weighted by Gasteiger charge is -2.29. The molecule has 1 aromatic rings. The van der Waals surface area contributed by atoms with E-state index in [2.05, 4.69) is 41.5 Å². The summed E-state index contributed by atoms with van der Waals surface area (Å²) in [6, 6.07) is 3.88. The van der Waals surface area contributed by atoms with E-state index < -0.39 is 10.8 Å². The van der Waals surface area contributed by atoms with Crippen LogP contribution in [0.25, 0.3) is 0 Å². The fourth-order valence-corrected chi connectivity index (χ4v) is 4.20. The van der Waals surface area contributed by atoms with Crippen LogP contribution in [0.1, 0.15) is 65.5 Å². The maximum absolute atomic E-state index is 13.0. The van der Waals surface area contributed by atoms with Gasteiger partial charge in [0.25, 0.3) is 0 Å². The number of ether oxygens (including phenoxy) is 1. The zero-order chi connectivity index (χ0) is 18.3. The van der Waals surface area contributed by atoms with Crippen LogP contribution in [0, 0.1) is 0 Å². The summed E-state index contributed by atoms with van der Waals surface area (Å²) in [7, 11) is 0.247. The Hall–Kier alpha value is -1.42. The molecular formula is C20H28O3S. The van der Waals surface area contributed by atoms with Crippen molar-refractivity contribution in [2.75, 3.05) is 7.11 Å². The first-order chi connectivity index (χ1) is 11.0. The summed E-state index contributed by atoms with van der Waals surface area (Å²) in [5.74, 6) is 0.848. The number of hydrogen-bond donors (Lipinski definition) is 0. The summed E-state index contributed by atoms with van der Waals surface area (Å²) in [4.78, 5) is 13.1. The Labute approximate surface area is 147 Å². The van der Waals surface area contributed by atoms with Crippen LogP contribution in [-0.2, 0) is 26.4 Å². The molecule has 0 fully saturated rings. The lowest BCUT2D eigenvalue weighted by atomic mass is 9.79. The van der Waals surface area contributed by atoms with E-state index >= 15 is 0 Å². The molecule has 0 saturated heterocycles. The molecule has 132 valence electrons. The third-order valence-corrected chi connectivity index (χ3v) is 5.73. The normalized spacial score (nSPS) is 17.0. The Morgan fingerprint density at radius 1 is 1.00 bits per heavy atom. The smallest absolute Gasteiger partial charge is 0.172 e. The highest BCUT2D eigenvalue weighted by Crippen LogP contribution is 2.41. The topological polar surface area (TPSA) is 43.4 Å². The number of Topliss-reactive ketones (excluding diaryl/α,β-unsaturated/α-hetero) is 1. The van der Waals surface area contributed by atoms with Crippen molar-refractivity contribution < 1.29 is 13.7 Å². The number of allylic oxidation sites excluding steroid dienone is 2. The molecule has 24 heavy (non-hydrogen) atoms. The van der Waals surface area contributed by atoms with Crippen molar-refractivity contribution in [2.24, 2.45) is 0 Å². The molecule has 3 nitrogen and oxygen atoms in total. The average Bonchev–Trinajstić information content (AvgIpc) is 2.89. The molecule has 0 radical (unpaired) electrons. The predicted molar refractivity (Wildman–Crippen MR) is 99.1 cm³/mol. The monoisotopic (exact) mass is 348 g/mol. The highest BCUT2D eigenvalue weighted by molar-refractivity contribution is 7.90. The minimum absolute atomic E-state index is 0.00114. The van der Waals surface area contributed by atoms with Gasteiger partial charge in [-0.15, -0.1) is 0 Å². The quantitative estimate of drug-likeness (QED) is 0.799. The Bertz CT molecular complexity index is 680. The number of ketones is 1. The standard InChI is InChI=1S/C20H28O3S/c1-19(2,3)14-11-13(24(22)17-10-8-9-16(17)21)12-15(18(14)23-7)20(4,5)6/h10-12H,8-9H2,1-7H3. The highest BCUT2D eigenvalue weighted by atomic mass is 32.2. The maximum atomic E-state index is 13.0. The molecule has 0 bridgehead atoms. The van der Waals surface area contributed by atoms with Gasteiger partial charge in [0, 0.05) is 22.4 Å². The Balaban J connectivity index is 2.70. The van der Waals surface area contributed by atoms with Gasteiger partial charge >= 0.3 is 0 Å². The van der Waals surface area contributed by atoms with E-state index in [1.54, 1.807) is 7.11 Å². The van der Waals surface area contributed by atoms with E-state index in [1.165, 1.54) is 0 Å². The Morgan fingerprint density at radius 3 is 1.83 bits per heavy atom. The molecule has 1 aliphatic rings. The number of carbonyl (C=O) groups excluding carboxylic acids is 1. The summed E-state index contributed by atoms with van der Waals surface area (Å²) < 4.78 is 18.7. The van der Waals surface area contributed by atoms with Crippen LogP contribution in [0.2, 0.25) is 0 Å². The zero-order valence-electron chi connectivity index (χ0n) is 15.8. The van der Waals surface area contributed by atoms with Crippen LogP contribution in [-0.4, -0.2) is 17.1 Å². The Kier molecular flexibility index (Phi) is 5.10. The summed E-state index contributed by atoms with van der Waals surface area (Å²) in [6.45, 7) is 12.7. The second kappa shape index (κ2) is 6.47. The molecule has 1 unspecified atom stereocenters. The Morgan fingerprint density at radius 2 is 1.50 bits per heavy atom. The van der Waals surface area contributed by atoms with Crippen molar-refractivity contribution in [2.45, 2.75) is 70.1 Å². The number of rotatable bonds is 3. The number of benzene rings is 1. The van der Waals surface area contributed by atoms with Gasteiger partial charge in [0.15, 0.2) is 5.78 Å². The van der Waals surface area contributed by atoms with Gasteiger partial charge in [-0.2, -0.15) is 0 Å². The summed E-state index contributed by atoms with van der Waals surface area (Å²) >= 11 is 0. The van der Waals surface area contributed by atoms with Gasteiger partial charge in [0.05, 0.1) is 22.8 Å². The minimum Gasteiger partial charge on any atom is -0.496 e. The van der Waals surface area contributed by atoms with Crippen molar-refractivity contribution in [1.29, 1.82) is 0 Å². The minimum atomic E-state index is -1.43. The molecule has 0 N–H and O–H groups in total. The molecule has 0 spiro atoms. The van der Waals surface area contributed by atoms with Gasteiger partial charge in [0.1, 0.15) is 5.75 Å². The second-order valence-electron chi connectivity index (χ2n) is 8.35. The third kappa shape index (κ3) is 3.64. The van der Waals surface area contributed by atoms with Gasteiger partial charge in [-0.05, 0) is 29.4 Å². The van der Waals surface area contributed by atoms with Crippen LogP contribution in [0.3, 0.4) is 0 Å². The SMILES string of the molecule is COc1c(C(C)(C)C)cc(S(=O)C2=CCCC2=O)cc1C(C)(C)C.